The Balaban J connectivity index is 2.27. The van der Waals surface area contributed by atoms with E-state index in [-0.39, 0.29) is 19.6 Å². The van der Waals surface area contributed by atoms with E-state index in [4.69, 9.17) is 9.47 Å². The summed E-state index contributed by atoms with van der Waals surface area (Å²) in [6.45, 7) is 9.21. The molecule has 1 atom stereocenters. The second-order valence-electron chi connectivity index (χ2n) is 7.32. The third kappa shape index (κ3) is 9.63. The Labute approximate surface area is 160 Å². The molecule has 0 heterocycles. The highest BCUT2D eigenvalue weighted by Crippen LogP contribution is 2.20. The molecule has 7 nitrogen and oxygen atoms in total. The quantitative estimate of drug-likeness (QED) is 0.674. The van der Waals surface area contributed by atoms with Crippen LogP contribution in [-0.2, 0) is 19.1 Å². The molecule has 7 heteroatoms. The highest BCUT2D eigenvalue weighted by molar-refractivity contribution is 5.92. The van der Waals surface area contributed by atoms with Crippen LogP contribution in [0.5, 0.6) is 0 Å². The molecule has 1 aromatic rings. The zero-order valence-corrected chi connectivity index (χ0v) is 16.8. The van der Waals surface area contributed by atoms with Crippen LogP contribution in [0.3, 0.4) is 0 Å². The van der Waals surface area contributed by atoms with Gasteiger partial charge in [0.05, 0.1) is 6.42 Å². The number of ether oxygens (including phenoxy) is 2. The van der Waals surface area contributed by atoms with Gasteiger partial charge in [0, 0.05) is 12.2 Å². The summed E-state index contributed by atoms with van der Waals surface area (Å²) in [4.78, 5) is 34.9. The van der Waals surface area contributed by atoms with E-state index in [9.17, 15) is 14.4 Å². The largest absolute Gasteiger partial charge is 0.456 e. The van der Waals surface area contributed by atoms with Gasteiger partial charge in [-0.3, -0.25) is 9.59 Å². The van der Waals surface area contributed by atoms with E-state index in [2.05, 4.69) is 24.5 Å². The summed E-state index contributed by atoms with van der Waals surface area (Å²) in [5.74, 6) is -0.530. The molecule has 2 N–H and O–H groups in total. The van der Waals surface area contributed by atoms with Gasteiger partial charge in [-0.05, 0) is 50.8 Å². The number of benzene rings is 1. The minimum absolute atomic E-state index is 0.0455. The van der Waals surface area contributed by atoms with Crippen molar-refractivity contribution < 1.29 is 23.9 Å². The molecule has 0 radical (unpaired) electrons. The maximum Gasteiger partial charge on any atom is 0.407 e. The SMILES string of the molecule is CC[C@H](C)c1ccc(NC(=O)COC(=O)CCNC(=O)OC(C)(C)C)cc1. The van der Waals surface area contributed by atoms with Crippen molar-refractivity contribution in [3.8, 4) is 0 Å². The van der Waals surface area contributed by atoms with Crippen molar-refractivity contribution in [1.82, 2.24) is 5.32 Å². The Hall–Kier alpha value is -2.57. The molecule has 0 saturated carbocycles. The molecule has 0 aliphatic heterocycles. The van der Waals surface area contributed by atoms with Crippen molar-refractivity contribution >= 4 is 23.7 Å². The van der Waals surface area contributed by atoms with E-state index >= 15 is 0 Å². The first-order valence-electron chi connectivity index (χ1n) is 9.13. The van der Waals surface area contributed by atoms with Gasteiger partial charge < -0.3 is 20.1 Å². The summed E-state index contributed by atoms with van der Waals surface area (Å²) in [6, 6.07) is 7.59. The lowest BCUT2D eigenvalue weighted by molar-refractivity contribution is -0.147. The van der Waals surface area contributed by atoms with E-state index in [1.54, 1.807) is 20.8 Å². The predicted octanol–water partition coefficient (Wildman–Crippen LogP) is 3.60. The molecule has 2 amide bonds. The summed E-state index contributed by atoms with van der Waals surface area (Å²) in [7, 11) is 0. The van der Waals surface area contributed by atoms with E-state index < -0.39 is 23.6 Å². The molecule has 1 aromatic carbocycles. The second-order valence-corrected chi connectivity index (χ2v) is 7.32. The van der Waals surface area contributed by atoms with E-state index in [1.165, 1.54) is 5.56 Å². The van der Waals surface area contributed by atoms with Gasteiger partial charge in [0.1, 0.15) is 5.60 Å². The van der Waals surface area contributed by atoms with Crippen LogP contribution < -0.4 is 10.6 Å². The Kier molecular flexibility index (Phi) is 8.78. The number of hydrogen-bond donors (Lipinski definition) is 2. The van der Waals surface area contributed by atoms with Crippen molar-refractivity contribution in [1.29, 1.82) is 0 Å². The molecular weight excluding hydrogens is 348 g/mol. The molecule has 0 fully saturated rings. The first-order valence-corrected chi connectivity index (χ1v) is 9.13. The summed E-state index contributed by atoms with van der Waals surface area (Å²) in [6.07, 6.45) is 0.398. The maximum atomic E-state index is 11.9. The standard InChI is InChI=1S/C20H30N2O5/c1-6-14(2)15-7-9-16(10-8-15)22-17(23)13-26-18(24)11-12-21-19(25)27-20(3,4)5/h7-10,14H,6,11-13H2,1-5H3,(H,21,25)(H,22,23)/t14-/m0/s1. The highest BCUT2D eigenvalue weighted by Gasteiger charge is 2.16. The van der Waals surface area contributed by atoms with Crippen molar-refractivity contribution in [2.24, 2.45) is 0 Å². The third-order valence-corrected chi connectivity index (χ3v) is 3.74. The van der Waals surface area contributed by atoms with Crippen molar-refractivity contribution in [2.75, 3.05) is 18.5 Å². The van der Waals surface area contributed by atoms with Crippen LogP contribution in [0, 0.1) is 0 Å². The fraction of sp³-hybridized carbons (Fsp3) is 0.550. The molecule has 0 aromatic heterocycles. The normalized spacial score (nSPS) is 12.0. The minimum Gasteiger partial charge on any atom is -0.456 e. The number of alkyl carbamates (subject to hydrolysis) is 1. The number of carbonyl (C=O) groups excluding carboxylic acids is 3. The number of amides is 2. The van der Waals surface area contributed by atoms with Crippen molar-refractivity contribution in [3.63, 3.8) is 0 Å². The lowest BCUT2D eigenvalue weighted by Gasteiger charge is -2.19. The lowest BCUT2D eigenvalue weighted by atomic mass is 9.99. The summed E-state index contributed by atoms with van der Waals surface area (Å²) >= 11 is 0. The first kappa shape index (κ1) is 22.5. The number of rotatable bonds is 8. The molecular formula is C20H30N2O5. The Morgan fingerprint density at radius 2 is 1.74 bits per heavy atom. The number of carbonyl (C=O) groups is 3. The number of esters is 1. The molecule has 0 aliphatic carbocycles. The summed E-state index contributed by atoms with van der Waals surface area (Å²) < 4.78 is 9.94. The van der Waals surface area contributed by atoms with Crippen LogP contribution in [-0.4, -0.2) is 36.7 Å². The Morgan fingerprint density at radius 1 is 1.11 bits per heavy atom. The zero-order chi connectivity index (χ0) is 20.4. The maximum absolute atomic E-state index is 11.9. The smallest absolute Gasteiger partial charge is 0.407 e. The van der Waals surface area contributed by atoms with Crippen molar-refractivity contribution in [3.05, 3.63) is 29.8 Å². The topological polar surface area (TPSA) is 93.7 Å². The highest BCUT2D eigenvalue weighted by atomic mass is 16.6. The second kappa shape index (κ2) is 10.5. The van der Waals surface area contributed by atoms with E-state index in [0.717, 1.165) is 6.42 Å². The molecule has 1 rings (SSSR count). The van der Waals surface area contributed by atoms with Gasteiger partial charge in [-0.1, -0.05) is 26.0 Å². The van der Waals surface area contributed by atoms with Crippen LogP contribution in [0.2, 0.25) is 0 Å². The fourth-order valence-electron chi connectivity index (χ4n) is 2.13. The van der Waals surface area contributed by atoms with Gasteiger partial charge in [-0.2, -0.15) is 0 Å². The molecule has 0 aliphatic rings. The fourth-order valence-corrected chi connectivity index (χ4v) is 2.13. The summed E-state index contributed by atoms with van der Waals surface area (Å²) in [5, 5.41) is 5.13. The number of anilines is 1. The summed E-state index contributed by atoms with van der Waals surface area (Å²) in [5.41, 5.74) is 1.25. The average molecular weight is 378 g/mol. The lowest BCUT2D eigenvalue weighted by Crippen LogP contribution is -2.34. The molecule has 150 valence electrons. The van der Waals surface area contributed by atoms with E-state index in [0.29, 0.717) is 11.6 Å². The van der Waals surface area contributed by atoms with Gasteiger partial charge in [-0.25, -0.2) is 4.79 Å². The van der Waals surface area contributed by atoms with Crippen molar-refractivity contribution in [2.45, 2.75) is 59.0 Å². The zero-order valence-electron chi connectivity index (χ0n) is 16.8. The van der Waals surface area contributed by atoms with Gasteiger partial charge in [0.15, 0.2) is 6.61 Å². The minimum atomic E-state index is -0.603. The van der Waals surface area contributed by atoms with Gasteiger partial charge in [0.2, 0.25) is 0 Å². The van der Waals surface area contributed by atoms with Crippen LogP contribution in [0.1, 0.15) is 58.9 Å². The Morgan fingerprint density at radius 3 is 2.30 bits per heavy atom. The Bertz CT molecular complexity index is 635. The van der Waals surface area contributed by atoms with Gasteiger partial charge in [0.25, 0.3) is 5.91 Å². The molecule has 27 heavy (non-hydrogen) atoms. The van der Waals surface area contributed by atoms with Gasteiger partial charge in [-0.15, -0.1) is 0 Å². The predicted molar refractivity (Wildman–Crippen MR) is 104 cm³/mol. The van der Waals surface area contributed by atoms with Crippen LogP contribution in [0.15, 0.2) is 24.3 Å². The third-order valence-electron chi connectivity index (χ3n) is 3.74. The molecule has 0 spiro atoms. The van der Waals surface area contributed by atoms with E-state index in [1.807, 2.05) is 24.3 Å². The molecule has 0 bridgehead atoms. The molecule has 0 unspecified atom stereocenters. The monoisotopic (exact) mass is 378 g/mol. The van der Waals surface area contributed by atoms with Crippen LogP contribution in [0.25, 0.3) is 0 Å². The molecule has 0 saturated heterocycles. The number of hydrogen-bond acceptors (Lipinski definition) is 5. The van der Waals surface area contributed by atoms with Gasteiger partial charge >= 0.3 is 12.1 Å². The number of nitrogens with one attached hydrogen (secondary N) is 2. The average Bonchev–Trinajstić information content (AvgIpc) is 2.58. The van der Waals surface area contributed by atoms with Crippen LogP contribution in [0.4, 0.5) is 10.5 Å². The van der Waals surface area contributed by atoms with Crippen LogP contribution >= 0.6 is 0 Å². The first-order chi connectivity index (χ1) is 12.6.